The van der Waals surface area contributed by atoms with Crippen LogP contribution in [0.4, 0.5) is 11.6 Å². The van der Waals surface area contributed by atoms with Crippen LogP contribution >= 0.6 is 39.1 Å². The fourth-order valence-corrected chi connectivity index (χ4v) is 8.33. The predicted octanol–water partition coefficient (Wildman–Crippen LogP) is 3.95. The standard InChI is InChI=1S/C29H31BrCl2N6O5S/c1-29(20-2-4-21(30)5-3-20)27(40)37(24-17-22(31)16-23(32)18-24)28-33-19-26(38(28)29)44(41,42)36-10-8-35(9-11-36)25(39)6-7-34-12-14-43-15-13-34/h2-5,16-19H,6-15H2,1H3/t29-/m1/s1. The summed E-state index contributed by atoms with van der Waals surface area (Å²) >= 11 is 16.0. The van der Waals surface area contributed by atoms with Gasteiger partial charge in [0.15, 0.2) is 10.6 Å². The van der Waals surface area contributed by atoms with Crippen LogP contribution in [-0.2, 0) is 29.9 Å². The van der Waals surface area contributed by atoms with Crippen molar-refractivity contribution in [2.75, 3.05) is 63.9 Å². The number of morpholine rings is 1. The second-order valence-corrected chi connectivity index (χ2v) is 14.7. The number of carbonyl (C=O) groups is 2. The molecule has 0 N–H and O–H groups in total. The summed E-state index contributed by atoms with van der Waals surface area (Å²) in [6, 6.07) is 11.9. The lowest BCUT2D eigenvalue weighted by Crippen LogP contribution is -2.51. The molecule has 6 rings (SSSR count). The lowest BCUT2D eigenvalue weighted by molar-refractivity contribution is -0.133. The van der Waals surface area contributed by atoms with E-state index in [9.17, 15) is 18.0 Å². The van der Waals surface area contributed by atoms with Crippen LogP contribution in [0.25, 0.3) is 0 Å². The molecule has 0 bridgehead atoms. The monoisotopic (exact) mass is 724 g/mol. The summed E-state index contributed by atoms with van der Waals surface area (Å²) in [5.74, 6) is -0.273. The number of halogens is 3. The number of sulfonamides is 1. The minimum atomic E-state index is -4.12. The summed E-state index contributed by atoms with van der Waals surface area (Å²) in [7, 11) is -4.12. The summed E-state index contributed by atoms with van der Waals surface area (Å²) in [5, 5.41) is 0.524. The number of anilines is 2. The Labute approximate surface area is 274 Å². The smallest absolute Gasteiger partial charge is 0.264 e. The number of nitrogens with zero attached hydrogens (tertiary/aromatic N) is 6. The molecule has 0 saturated carbocycles. The molecular weight excluding hydrogens is 695 g/mol. The van der Waals surface area contributed by atoms with Crippen LogP contribution in [0.2, 0.25) is 10.0 Å². The molecule has 4 heterocycles. The van der Waals surface area contributed by atoms with E-state index < -0.39 is 21.5 Å². The minimum absolute atomic E-state index is 0.00280. The molecule has 3 aliphatic rings. The van der Waals surface area contributed by atoms with E-state index in [-0.39, 0.29) is 43.1 Å². The third kappa shape index (κ3) is 5.68. The van der Waals surface area contributed by atoms with Gasteiger partial charge in [0, 0.05) is 66.8 Å². The van der Waals surface area contributed by atoms with Crippen LogP contribution in [-0.4, -0.2) is 103 Å². The highest BCUT2D eigenvalue weighted by Crippen LogP contribution is 2.46. The van der Waals surface area contributed by atoms with Crippen molar-refractivity contribution in [3.05, 3.63) is 68.7 Å². The molecule has 2 fully saturated rings. The zero-order valence-corrected chi connectivity index (χ0v) is 27.9. The quantitative estimate of drug-likeness (QED) is 0.363. The van der Waals surface area contributed by atoms with Crippen molar-refractivity contribution >= 4 is 72.6 Å². The van der Waals surface area contributed by atoms with E-state index in [0.717, 1.165) is 17.6 Å². The number of fused-ring (bicyclic) bond motifs is 1. The van der Waals surface area contributed by atoms with Crippen molar-refractivity contribution in [2.24, 2.45) is 0 Å². The zero-order valence-electron chi connectivity index (χ0n) is 24.0. The van der Waals surface area contributed by atoms with Gasteiger partial charge in [0.1, 0.15) is 0 Å². The highest BCUT2D eigenvalue weighted by molar-refractivity contribution is 9.10. The van der Waals surface area contributed by atoms with Gasteiger partial charge in [0.2, 0.25) is 11.9 Å². The number of aromatic nitrogens is 2. The Morgan fingerprint density at radius 2 is 1.64 bits per heavy atom. The Morgan fingerprint density at radius 1 is 1.00 bits per heavy atom. The van der Waals surface area contributed by atoms with Gasteiger partial charge in [-0.2, -0.15) is 4.31 Å². The Hall–Kier alpha value is -2.52. The van der Waals surface area contributed by atoms with Gasteiger partial charge in [-0.1, -0.05) is 51.3 Å². The number of hydrogen-bond donors (Lipinski definition) is 0. The first-order valence-electron chi connectivity index (χ1n) is 14.2. The fraction of sp³-hybridized carbons (Fsp3) is 0.414. The Balaban J connectivity index is 1.29. The van der Waals surface area contributed by atoms with E-state index in [1.54, 1.807) is 54.3 Å². The first-order valence-corrected chi connectivity index (χ1v) is 17.2. The van der Waals surface area contributed by atoms with E-state index in [4.69, 9.17) is 27.9 Å². The number of amides is 2. The highest BCUT2D eigenvalue weighted by atomic mass is 79.9. The summed E-state index contributed by atoms with van der Waals surface area (Å²) in [5.41, 5.74) is -0.512. The molecule has 1 aromatic heterocycles. The third-order valence-corrected chi connectivity index (χ3v) is 11.3. The molecule has 0 unspecified atom stereocenters. The molecule has 44 heavy (non-hydrogen) atoms. The lowest BCUT2D eigenvalue weighted by Gasteiger charge is -2.35. The van der Waals surface area contributed by atoms with Crippen LogP contribution in [0.3, 0.4) is 0 Å². The van der Waals surface area contributed by atoms with Gasteiger partial charge < -0.3 is 9.64 Å². The third-order valence-electron chi connectivity index (χ3n) is 8.43. The number of ether oxygens (including phenoxy) is 1. The average molecular weight is 726 g/mol. The first-order chi connectivity index (χ1) is 21.0. The maximum atomic E-state index is 14.3. The van der Waals surface area contributed by atoms with Crippen LogP contribution < -0.4 is 4.90 Å². The average Bonchev–Trinajstić information content (AvgIpc) is 3.54. The van der Waals surface area contributed by atoms with Crippen molar-refractivity contribution in [1.29, 1.82) is 0 Å². The number of carbonyl (C=O) groups excluding carboxylic acids is 2. The van der Waals surface area contributed by atoms with Gasteiger partial charge in [-0.3, -0.25) is 19.1 Å². The normalized spacial score (nSPS) is 21.6. The highest BCUT2D eigenvalue weighted by Gasteiger charge is 2.53. The molecule has 234 valence electrons. The maximum absolute atomic E-state index is 14.3. The predicted molar refractivity (Wildman–Crippen MR) is 170 cm³/mol. The zero-order chi connectivity index (χ0) is 31.2. The molecule has 11 nitrogen and oxygen atoms in total. The molecule has 1 atom stereocenters. The molecule has 0 aliphatic carbocycles. The van der Waals surface area contributed by atoms with Crippen LogP contribution in [0.5, 0.6) is 0 Å². The molecular formula is C29H31BrCl2N6O5S. The van der Waals surface area contributed by atoms with Gasteiger partial charge in [-0.15, -0.1) is 0 Å². The number of benzene rings is 2. The Kier molecular flexibility index (Phi) is 8.83. The number of piperazine rings is 1. The van der Waals surface area contributed by atoms with E-state index >= 15 is 0 Å². The fourth-order valence-electron chi connectivity index (χ4n) is 5.97. The molecule has 2 aromatic carbocycles. The van der Waals surface area contributed by atoms with Crippen LogP contribution in [0, 0.1) is 0 Å². The summed E-state index contributed by atoms with van der Waals surface area (Å²) in [6.07, 6.45) is 1.66. The van der Waals surface area contributed by atoms with Crippen LogP contribution in [0.1, 0.15) is 18.9 Å². The number of hydrogen-bond acceptors (Lipinski definition) is 7. The maximum Gasteiger partial charge on any atom is 0.264 e. The summed E-state index contributed by atoms with van der Waals surface area (Å²) in [6.45, 7) is 6.08. The number of rotatable bonds is 7. The van der Waals surface area contributed by atoms with Crippen molar-refractivity contribution < 1.29 is 22.7 Å². The van der Waals surface area contributed by atoms with Crippen molar-refractivity contribution in [3.63, 3.8) is 0 Å². The van der Waals surface area contributed by atoms with Gasteiger partial charge in [-0.25, -0.2) is 18.3 Å². The number of imidazole rings is 1. The van der Waals surface area contributed by atoms with Gasteiger partial charge in [-0.05, 0) is 42.8 Å². The Morgan fingerprint density at radius 3 is 2.27 bits per heavy atom. The van der Waals surface area contributed by atoms with E-state index in [1.807, 2.05) is 0 Å². The molecule has 2 saturated heterocycles. The second-order valence-electron chi connectivity index (χ2n) is 11.1. The molecule has 0 radical (unpaired) electrons. The topological polar surface area (TPSA) is 108 Å². The summed E-state index contributed by atoms with van der Waals surface area (Å²) < 4.78 is 37.4. The minimum Gasteiger partial charge on any atom is -0.379 e. The molecule has 3 aliphatic heterocycles. The Bertz CT molecular complexity index is 1670. The van der Waals surface area contributed by atoms with Crippen molar-refractivity contribution in [2.45, 2.75) is 23.9 Å². The van der Waals surface area contributed by atoms with Crippen molar-refractivity contribution in [3.8, 4) is 0 Å². The van der Waals surface area contributed by atoms with Gasteiger partial charge in [0.25, 0.3) is 15.9 Å². The molecule has 3 aromatic rings. The SMILES string of the molecule is C[C@@]1(c2ccc(Br)cc2)C(=O)N(c2cc(Cl)cc(Cl)c2)c2ncc(S(=O)(=O)N3CCN(C(=O)CCN4CCOCC4)CC3)n21. The van der Waals surface area contributed by atoms with Crippen molar-refractivity contribution in [1.82, 2.24) is 23.7 Å². The van der Waals surface area contributed by atoms with Crippen LogP contribution in [0.15, 0.2) is 58.2 Å². The first kappa shape index (κ1) is 31.5. The van der Waals surface area contributed by atoms with Gasteiger partial charge >= 0.3 is 0 Å². The lowest BCUT2D eigenvalue weighted by atomic mass is 9.91. The molecule has 15 heteroatoms. The largest absolute Gasteiger partial charge is 0.379 e. The molecule has 0 spiro atoms. The van der Waals surface area contributed by atoms with E-state index in [1.165, 1.54) is 20.0 Å². The van der Waals surface area contributed by atoms with Gasteiger partial charge in [0.05, 0.1) is 25.1 Å². The second kappa shape index (κ2) is 12.3. The van der Waals surface area contributed by atoms with E-state index in [0.29, 0.717) is 47.5 Å². The summed E-state index contributed by atoms with van der Waals surface area (Å²) in [4.78, 5) is 37.0. The molecule has 2 amide bonds. The van der Waals surface area contributed by atoms with E-state index in [2.05, 4.69) is 25.8 Å².